The summed E-state index contributed by atoms with van der Waals surface area (Å²) in [6, 6.07) is 4.54. The SMILES string of the molecule is CCCCCCCCCCCCCCCNP1(=S)OCc2cc([N+](=O)[O-])ccc2O1. The lowest BCUT2D eigenvalue weighted by Crippen LogP contribution is -2.21. The topological polar surface area (TPSA) is 73.6 Å². The van der Waals surface area contributed by atoms with Crippen LogP contribution in [0.1, 0.15) is 96.0 Å². The number of benzene rings is 1. The Morgan fingerprint density at radius 2 is 1.57 bits per heavy atom. The number of nitrogens with zero attached hydrogens (tertiary/aromatic N) is 1. The molecule has 6 nitrogen and oxygen atoms in total. The number of hydrogen-bond donors (Lipinski definition) is 1. The van der Waals surface area contributed by atoms with Crippen molar-refractivity contribution in [2.24, 2.45) is 0 Å². The number of fused-ring (bicyclic) bond motifs is 1. The molecule has 1 aliphatic rings. The fourth-order valence-corrected chi connectivity index (χ4v) is 5.69. The highest BCUT2D eigenvalue weighted by molar-refractivity contribution is 8.09. The molecule has 0 bridgehead atoms. The molecule has 1 N–H and O–H groups in total. The average molecular weight is 457 g/mol. The van der Waals surface area contributed by atoms with Gasteiger partial charge in [0.05, 0.1) is 11.5 Å². The number of nitro benzene ring substituents is 1. The monoisotopic (exact) mass is 456 g/mol. The summed E-state index contributed by atoms with van der Waals surface area (Å²) in [5.41, 5.74) is 0.712. The van der Waals surface area contributed by atoms with Crippen LogP contribution in [0, 0.1) is 10.1 Å². The Morgan fingerprint density at radius 1 is 1.00 bits per heavy atom. The van der Waals surface area contributed by atoms with Crippen LogP contribution in [-0.4, -0.2) is 11.5 Å². The molecule has 170 valence electrons. The van der Waals surface area contributed by atoms with E-state index in [-0.39, 0.29) is 12.3 Å². The van der Waals surface area contributed by atoms with Gasteiger partial charge in [-0.15, -0.1) is 0 Å². The third-order valence-electron chi connectivity index (χ3n) is 5.45. The summed E-state index contributed by atoms with van der Waals surface area (Å²) in [4.78, 5) is 10.5. The molecule has 1 aromatic rings. The molecule has 2 rings (SSSR count). The maximum atomic E-state index is 10.9. The summed E-state index contributed by atoms with van der Waals surface area (Å²) in [5, 5.41) is 14.1. The highest BCUT2D eigenvalue weighted by Gasteiger charge is 2.28. The van der Waals surface area contributed by atoms with Gasteiger partial charge in [0.15, 0.2) is 0 Å². The van der Waals surface area contributed by atoms with Gasteiger partial charge in [-0.2, -0.15) is 0 Å². The van der Waals surface area contributed by atoms with Crippen molar-refractivity contribution in [3.63, 3.8) is 0 Å². The number of rotatable bonds is 16. The maximum Gasteiger partial charge on any atom is 0.313 e. The molecule has 0 aliphatic carbocycles. The zero-order valence-electron chi connectivity index (χ0n) is 18.3. The van der Waals surface area contributed by atoms with Crippen molar-refractivity contribution in [2.75, 3.05) is 6.54 Å². The minimum atomic E-state index is -2.56. The first kappa shape index (κ1) is 25.3. The van der Waals surface area contributed by atoms with Gasteiger partial charge in [0.25, 0.3) is 5.69 Å². The van der Waals surface area contributed by atoms with Gasteiger partial charge in [-0.25, -0.2) is 5.09 Å². The third kappa shape index (κ3) is 9.42. The minimum absolute atomic E-state index is 0.0380. The second kappa shape index (κ2) is 14.1. The van der Waals surface area contributed by atoms with Gasteiger partial charge in [0.1, 0.15) is 5.75 Å². The lowest BCUT2D eigenvalue weighted by Gasteiger charge is -2.29. The van der Waals surface area contributed by atoms with E-state index >= 15 is 0 Å². The smallest absolute Gasteiger partial charge is 0.313 e. The van der Waals surface area contributed by atoms with Gasteiger partial charge in [0, 0.05) is 24.2 Å². The molecule has 0 saturated carbocycles. The Hall–Kier alpha value is -1.01. The van der Waals surface area contributed by atoms with Gasteiger partial charge < -0.3 is 9.05 Å². The molecule has 30 heavy (non-hydrogen) atoms. The molecule has 8 heteroatoms. The summed E-state index contributed by atoms with van der Waals surface area (Å²) >= 11 is 5.53. The Balaban J connectivity index is 1.49. The summed E-state index contributed by atoms with van der Waals surface area (Å²) in [6.07, 6.45) is 17.2. The number of non-ortho nitro benzene ring substituents is 1. The average Bonchev–Trinajstić information content (AvgIpc) is 2.73. The predicted molar refractivity (Wildman–Crippen MR) is 126 cm³/mol. The maximum absolute atomic E-state index is 10.9. The Kier molecular flexibility index (Phi) is 11.9. The first-order valence-electron chi connectivity index (χ1n) is 11.5. The van der Waals surface area contributed by atoms with Crippen molar-refractivity contribution in [1.29, 1.82) is 0 Å². The molecule has 0 aromatic heterocycles. The van der Waals surface area contributed by atoms with Crippen molar-refractivity contribution in [3.8, 4) is 5.75 Å². The van der Waals surface area contributed by atoms with Crippen molar-refractivity contribution < 1.29 is 14.0 Å². The van der Waals surface area contributed by atoms with Crippen LogP contribution in [0.5, 0.6) is 5.75 Å². The number of unbranched alkanes of at least 4 members (excludes halogenated alkanes) is 12. The summed E-state index contributed by atoms with van der Waals surface area (Å²) < 4.78 is 11.5. The number of hydrogen-bond acceptors (Lipinski definition) is 5. The molecule has 1 aliphatic heterocycles. The van der Waals surface area contributed by atoms with E-state index in [0.717, 1.165) is 13.0 Å². The van der Waals surface area contributed by atoms with Crippen molar-refractivity contribution >= 4 is 24.1 Å². The highest BCUT2D eigenvalue weighted by atomic mass is 32.5. The summed E-state index contributed by atoms with van der Waals surface area (Å²) in [6.45, 7) is 0.734. The molecule has 1 unspecified atom stereocenters. The van der Waals surface area contributed by atoms with Crippen LogP contribution in [0.3, 0.4) is 0 Å². The van der Waals surface area contributed by atoms with Gasteiger partial charge in [-0.1, -0.05) is 84.0 Å². The van der Waals surface area contributed by atoms with Gasteiger partial charge in [-0.3, -0.25) is 10.1 Å². The van der Waals surface area contributed by atoms with E-state index in [1.54, 1.807) is 6.07 Å². The zero-order valence-corrected chi connectivity index (χ0v) is 20.0. The Labute approximate surface area is 186 Å². The summed E-state index contributed by atoms with van der Waals surface area (Å²) in [5.74, 6) is 0.591. The molecular weight excluding hydrogens is 419 g/mol. The second-order valence-corrected chi connectivity index (χ2v) is 11.3. The van der Waals surface area contributed by atoms with Gasteiger partial charge in [0.2, 0.25) is 0 Å². The molecule has 0 radical (unpaired) electrons. The molecule has 0 fully saturated rings. The minimum Gasteiger partial charge on any atom is -0.432 e. The third-order valence-corrected chi connectivity index (χ3v) is 7.89. The fourth-order valence-electron chi connectivity index (χ4n) is 3.63. The lowest BCUT2D eigenvalue weighted by atomic mass is 10.0. The quantitative estimate of drug-likeness (QED) is 0.121. The van der Waals surface area contributed by atoms with Crippen LogP contribution in [0.25, 0.3) is 0 Å². The summed E-state index contributed by atoms with van der Waals surface area (Å²) in [7, 11) is 0. The first-order valence-corrected chi connectivity index (χ1v) is 14.1. The van der Waals surface area contributed by atoms with Crippen molar-refractivity contribution in [3.05, 3.63) is 33.9 Å². The standard InChI is InChI=1S/C22H37N2O4PS/c1-2-3-4-5-6-7-8-9-10-11-12-13-14-17-23-29(30)27-19-20-18-21(24(25)26)15-16-22(20)28-29/h15-16,18H,2-14,17,19H2,1H3,(H,23,30). The lowest BCUT2D eigenvalue weighted by molar-refractivity contribution is -0.385. The predicted octanol–water partition coefficient (Wildman–Crippen LogP) is 7.41. The zero-order chi connectivity index (χ0) is 21.7. The number of nitrogens with one attached hydrogen (secondary N) is 1. The van der Waals surface area contributed by atoms with Crippen LogP contribution in [0.15, 0.2) is 18.2 Å². The van der Waals surface area contributed by atoms with E-state index in [0.29, 0.717) is 11.3 Å². The molecule has 1 aromatic carbocycles. The molecule has 0 amide bonds. The van der Waals surface area contributed by atoms with Gasteiger partial charge >= 0.3 is 6.64 Å². The highest BCUT2D eigenvalue weighted by Crippen LogP contribution is 2.50. The van der Waals surface area contributed by atoms with E-state index in [4.69, 9.17) is 20.9 Å². The van der Waals surface area contributed by atoms with Crippen LogP contribution < -0.4 is 9.61 Å². The van der Waals surface area contributed by atoms with Crippen molar-refractivity contribution in [2.45, 2.75) is 97.0 Å². The van der Waals surface area contributed by atoms with Crippen LogP contribution in [0.4, 0.5) is 5.69 Å². The van der Waals surface area contributed by atoms with Crippen LogP contribution >= 0.6 is 6.64 Å². The Bertz CT molecular complexity index is 702. The van der Waals surface area contributed by atoms with E-state index in [1.165, 1.54) is 89.2 Å². The van der Waals surface area contributed by atoms with Crippen LogP contribution in [-0.2, 0) is 22.9 Å². The first-order chi connectivity index (χ1) is 14.5. The normalized spacial score (nSPS) is 18.0. The van der Waals surface area contributed by atoms with Gasteiger partial charge in [-0.05, 0) is 24.3 Å². The molecule has 1 atom stereocenters. The largest absolute Gasteiger partial charge is 0.432 e. The molecule has 0 spiro atoms. The molecule has 0 saturated heterocycles. The fraction of sp³-hybridized carbons (Fsp3) is 0.727. The van der Waals surface area contributed by atoms with E-state index < -0.39 is 11.6 Å². The molecule has 1 heterocycles. The van der Waals surface area contributed by atoms with E-state index in [2.05, 4.69) is 12.0 Å². The number of nitro groups is 1. The second-order valence-electron chi connectivity index (χ2n) is 8.06. The van der Waals surface area contributed by atoms with Crippen LogP contribution in [0.2, 0.25) is 0 Å². The Morgan fingerprint density at radius 3 is 2.13 bits per heavy atom. The molecular formula is C22H37N2O4PS. The van der Waals surface area contributed by atoms with E-state index in [9.17, 15) is 10.1 Å². The van der Waals surface area contributed by atoms with Crippen molar-refractivity contribution in [1.82, 2.24) is 5.09 Å². The van der Waals surface area contributed by atoms with E-state index in [1.807, 2.05) is 0 Å².